The number of nitrogens with two attached hydrogens (primary N) is 1. The maximum absolute atomic E-state index is 5.43. The zero-order valence-electron chi connectivity index (χ0n) is 5.94. The number of nitrogens with zero attached hydrogens (tertiary/aromatic N) is 2. The molecule has 0 bridgehead atoms. The van der Waals surface area contributed by atoms with Crippen LogP contribution in [0.4, 0.5) is 0 Å². The standard InChI is InChI=1S/C8H8N3/c9-11-6-8-4-2-1-3-7(8)5-10-11/h1-6H,9H2/q-1. The highest BCUT2D eigenvalue weighted by Crippen LogP contribution is 1.94. The quantitative estimate of drug-likeness (QED) is 0.508. The molecule has 0 aliphatic carbocycles. The van der Waals surface area contributed by atoms with Gasteiger partial charge < -0.3 is 10.5 Å². The fraction of sp³-hybridized carbons (Fsp3) is 0. The molecule has 0 spiro atoms. The van der Waals surface area contributed by atoms with E-state index in [1.165, 1.54) is 5.12 Å². The molecule has 0 radical (unpaired) electrons. The molecule has 0 amide bonds. The van der Waals surface area contributed by atoms with Crippen molar-refractivity contribution in [2.45, 2.75) is 0 Å². The molecule has 0 saturated heterocycles. The van der Waals surface area contributed by atoms with Gasteiger partial charge in [-0.25, -0.2) is 0 Å². The molecule has 0 aromatic heterocycles. The third-order valence-electron chi connectivity index (χ3n) is 1.60. The molecule has 1 aromatic rings. The fourth-order valence-electron chi connectivity index (χ4n) is 1.05. The molecule has 1 aliphatic heterocycles. The van der Waals surface area contributed by atoms with Crippen LogP contribution in [-0.2, 0) is 0 Å². The highest BCUT2D eigenvalue weighted by atomic mass is 15.6. The summed E-state index contributed by atoms with van der Waals surface area (Å²) < 4.78 is 0. The maximum Gasteiger partial charge on any atom is 0.00771 e. The SMILES string of the molecule is NN1C=c2ccccc2=C[N-]1. The monoisotopic (exact) mass is 146 g/mol. The van der Waals surface area contributed by atoms with E-state index in [0.717, 1.165) is 10.4 Å². The van der Waals surface area contributed by atoms with Crippen LogP contribution in [0.1, 0.15) is 0 Å². The van der Waals surface area contributed by atoms with Gasteiger partial charge in [0.05, 0.1) is 0 Å². The Labute approximate surface area is 64.4 Å². The second-order valence-electron chi connectivity index (χ2n) is 2.38. The molecule has 0 atom stereocenters. The zero-order valence-corrected chi connectivity index (χ0v) is 5.94. The molecule has 0 saturated carbocycles. The Kier molecular flexibility index (Phi) is 1.30. The number of hydrazine groups is 1. The lowest BCUT2D eigenvalue weighted by Crippen LogP contribution is -2.34. The first-order valence-electron chi connectivity index (χ1n) is 3.38. The Morgan fingerprint density at radius 2 is 1.91 bits per heavy atom. The lowest BCUT2D eigenvalue weighted by atomic mass is 10.2. The molecule has 3 heteroatoms. The summed E-state index contributed by atoms with van der Waals surface area (Å²) in [5, 5.41) is 3.52. The topological polar surface area (TPSA) is 43.4 Å². The molecular weight excluding hydrogens is 138 g/mol. The largest absolute Gasteiger partial charge is 0.585 e. The van der Waals surface area contributed by atoms with Crippen molar-refractivity contribution in [3.8, 4) is 0 Å². The van der Waals surface area contributed by atoms with Crippen LogP contribution < -0.4 is 16.3 Å². The number of rotatable bonds is 0. The second-order valence-corrected chi connectivity index (χ2v) is 2.38. The summed E-state index contributed by atoms with van der Waals surface area (Å²) in [5.74, 6) is 5.43. The minimum atomic E-state index is 1.10. The highest BCUT2D eigenvalue weighted by molar-refractivity contribution is 5.44. The van der Waals surface area contributed by atoms with Gasteiger partial charge in [0.15, 0.2) is 0 Å². The zero-order chi connectivity index (χ0) is 7.68. The fourth-order valence-corrected chi connectivity index (χ4v) is 1.05. The van der Waals surface area contributed by atoms with Crippen LogP contribution in [-0.4, -0.2) is 5.12 Å². The lowest BCUT2D eigenvalue weighted by Gasteiger charge is -2.30. The third kappa shape index (κ3) is 1.06. The van der Waals surface area contributed by atoms with Crippen molar-refractivity contribution in [3.63, 3.8) is 0 Å². The van der Waals surface area contributed by atoms with E-state index in [1.54, 1.807) is 12.4 Å². The first-order valence-corrected chi connectivity index (χ1v) is 3.38. The Balaban J connectivity index is 2.73. The Hall–Kier alpha value is -1.48. The van der Waals surface area contributed by atoms with Gasteiger partial charge in [-0.1, -0.05) is 24.3 Å². The highest BCUT2D eigenvalue weighted by Gasteiger charge is 1.85. The van der Waals surface area contributed by atoms with Crippen LogP contribution in [0.5, 0.6) is 0 Å². The number of hydrogen-bond acceptors (Lipinski definition) is 2. The van der Waals surface area contributed by atoms with Crippen molar-refractivity contribution in [3.05, 3.63) is 40.1 Å². The first-order chi connectivity index (χ1) is 5.36. The summed E-state index contributed by atoms with van der Waals surface area (Å²) in [6.45, 7) is 0. The van der Waals surface area contributed by atoms with E-state index in [9.17, 15) is 0 Å². The van der Waals surface area contributed by atoms with E-state index in [0.29, 0.717) is 0 Å². The van der Waals surface area contributed by atoms with Crippen molar-refractivity contribution < 1.29 is 0 Å². The van der Waals surface area contributed by atoms with Crippen molar-refractivity contribution in [1.82, 2.24) is 5.12 Å². The number of benzene rings is 1. The summed E-state index contributed by atoms with van der Waals surface area (Å²) in [5.41, 5.74) is 3.90. The summed E-state index contributed by atoms with van der Waals surface area (Å²) in [6.07, 6.45) is 3.53. The van der Waals surface area contributed by atoms with Crippen molar-refractivity contribution in [1.29, 1.82) is 0 Å². The van der Waals surface area contributed by atoms with Gasteiger partial charge >= 0.3 is 0 Å². The van der Waals surface area contributed by atoms with Crippen LogP contribution in [0.3, 0.4) is 0 Å². The predicted octanol–water partition coefficient (Wildman–Crippen LogP) is -0.359. The van der Waals surface area contributed by atoms with E-state index >= 15 is 0 Å². The van der Waals surface area contributed by atoms with E-state index in [-0.39, 0.29) is 0 Å². The van der Waals surface area contributed by atoms with E-state index in [1.807, 2.05) is 24.3 Å². The molecule has 3 nitrogen and oxygen atoms in total. The van der Waals surface area contributed by atoms with Gasteiger partial charge in [-0.05, 0) is 10.4 Å². The van der Waals surface area contributed by atoms with Gasteiger partial charge in [0, 0.05) is 6.20 Å². The van der Waals surface area contributed by atoms with Crippen molar-refractivity contribution in [2.75, 3.05) is 0 Å². The van der Waals surface area contributed by atoms with Gasteiger partial charge in [-0.15, -0.1) is 0 Å². The summed E-state index contributed by atoms with van der Waals surface area (Å²) in [7, 11) is 0. The molecule has 1 aromatic carbocycles. The second kappa shape index (κ2) is 2.29. The van der Waals surface area contributed by atoms with Gasteiger partial charge in [-0.2, -0.15) is 6.20 Å². The maximum atomic E-state index is 5.43. The Bertz CT molecular complexity index is 369. The molecule has 0 unspecified atom stereocenters. The molecule has 1 aliphatic rings. The molecule has 11 heavy (non-hydrogen) atoms. The van der Waals surface area contributed by atoms with Crippen LogP contribution in [0.15, 0.2) is 24.3 Å². The van der Waals surface area contributed by atoms with Crippen LogP contribution in [0.2, 0.25) is 0 Å². The van der Waals surface area contributed by atoms with Gasteiger partial charge in [0.2, 0.25) is 0 Å². The summed E-state index contributed by atoms with van der Waals surface area (Å²) in [4.78, 5) is 0. The summed E-state index contributed by atoms with van der Waals surface area (Å²) in [6, 6.07) is 7.95. The first kappa shape index (κ1) is 6.24. The Morgan fingerprint density at radius 1 is 1.18 bits per heavy atom. The average molecular weight is 146 g/mol. The molecule has 2 rings (SSSR count). The smallest absolute Gasteiger partial charge is 0.00771 e. The van der Waals surface area contributed by atoms with Gasteiger partial charge in [0.25, 0.3) is 0 Å². The molecule has 56 valence electrons. The van der Waals surface area contributed by atoms with E-state index in [4.69, 9.17) is 5.84 Å². The predicted molar refractivity (Wildman–Crippen MR) is 44.0 cm³/mol. The van der Waals surface area contributed by atoms with E-state index < -0.39 is 0 Å². The van der Waals surface area contributed by atoms with Crippen molar-refractivity contribution >= 4 is 12.4 Å². The average Bonchev–Trinajstić information content (AvgIpc) is 2.04. The summed E-state index contributed by atoms with van der Waals surface area (Å²) >= 11 is 0. The molecule has 0 fully saturated rings. The van der Waals surface area contributed by atoms with Crippen molar-refractivity contribution in [2.24, 2.45) is 5.84 Å². The van der Waals surface area contributed by atoms with Crippen LogP contribution >= 0.6 is 0 Å². The third-order valence-corrected chi connectivity index (χ3v) is 1.60. The van der Waals surface area contributed by atoms with Crippen LogP contribution in [0, 0.1) is 0 Å². The Morgan fingerprint density at radius 3 is 2.73 bits per heavy atom. The van der Waals surface area contributed by atoms with Gasteiger partial charge in [0.1, 0.15) is 0 Å². The molecular formula is C8H8N3-. The molecule has 2 N–H and O–H groups in total. The van der Waals surface area contributed by atoms with Crippen LogP contribution in [0.25, 0.3) is 17.8 Å². The van der Waals surface area contributed by atoms with Gasteiger partial charge in [-0.3, -0.25) is 5.84 Å². The minimum Gasteiger partial charge on any atom is -0.585 e. The lowest BCUT2D eigenvalue weighted by molar-refractivity contribution is 0.562. The normalized spacial score (nSPS) is 14.1. The molecule has 1 heterocycles. The van der Waals surface area contributed by atoms with E-state index in [2.05, 4.69) is 5.43 Å². The minimum absolute atomic E-state index is 1.10. The number of fused-ring (bicyclic) bond motifs is 1. The number of hydrogen-bond donors (Lipinski definition) is 1.